The van der Waals surface area contributed by atoms with Crippen molar-refractivity contribution in [2.24, 2.45) is 10.7 Å². The SMILES string of the molecule is Cc1c(C)c(S(=O)(=O)NC(N)=NCCC[C@H](NC(=O)OCC[S+](C)c2ccccc2)C(=O)O)c(C)c2c1OC(C)(C)CC2. The highest BCUT2D eigenvalue weighted by atomic mass is 32.2. The van der Waals surface area contributed by atoms with Gasteiger partial charge in [-0.2, -0.15) is 0 Å². The van der Waals surface area contributed by atoms with Crippen molar-refractivity contribution in [3.05, 3.63) is 52.6 Å². The van der Waals surface area contributed by atoms with Crippen LogP contribution < -0.4 is 20.5 Å². The largest absolute Gasteiger partial charge is 0.487 e. The third-order valence-electron chi connectivity index (χ3n) is 7.47. The van der Waals surface area contributed by atoms with Gasteiger partial charge in [-0.15, -0.1) is 0 Å². The Hall–Kier alpha value is -3.45. The van der Waals surface area contributed by atoms with Gasteiger partial charge in [-0.3, -0.25) is 4.99 Å². The zero-order chi connectivity index (χ0) is 31.9. The number of nitrogens with two attached hydrogens (primary N) is 1. The molecule has 1 amide bonds. The van der Waals surface area contributed by atoms with Crippen molar-refractivity contribution in [3.63, 3.8) is 0 Å². The van der Waals surface area contributed by atoms with Crippen molar-refractivity contribution < 1.29 is 32.6 Å². The number of alkyl carbamates (subject to hydrolysis) is 1. The number of nitrogens with zero attached hydrogens (tertiary/aromatic N) is 1. The van der Waals surface area contributed by atoms with Gasteiger partial charge < -0.3 is 25.6 Å². The monoisotopic (exact) mass is 635 g/mol. The van der Waals surface area contributed by atoms with Crippen LogP contribution in [0.25, 0.3) is 0 Å². The average molecular weight is 636 g/mol. The van der Waals surface area contributed by atoms with E-state index in [0.29, 0.717) is 23.3 Å². The number of ether oxygens (including phenoxy) is 2. The zero-order valence-electron chi connectivity index (χ0n) is 25.7. The molecule has 236 valence electrons. The molecule has 2 aromatic carbocycles. The molecule has 43 heavy (non-hydrogen) atoms. The summed E-state index contributed by atoms with van der Waals surface area (Å²) in [6.07, 6.45) is 2.98. The number of carboxylic acids is 1. The molecule has 11 nitrogen and oxygen atoms in total. The smallest absolute Gasteiger partial charge is 0.408 e. The molecular formula is C30H43N4O7S2+. The molecule has 13 heteroatoms. The molecule has 0 spiro atoms. The van der Waals surface area contributed by atoms with E-state index < -0.39 is 28.1 Å². The molecule has 1 heterocycles. The summed E-state index contributed by atoms with van der Waals surface area (Å²) in [5.74, 6) is -0.163. The van der Waals surface area contributed by atoms with Gasteiger partial charge in [-0.05, 0) is 94.7 Å². The summed E-state index contributed by atoms with van der Waals surface area (Å²) in [6.45, 7) is 9.58. The number of hydrogen-bond acceptors (Lipinski definition) is 7. The number of guanidine groups is 1. The van der Waals surface area contributed by atoms with Crippen molar-refractivity contribution in [1.29, 1.82) is 0 Å². The molecule has 3 rings (SSSR count). The van der Waals surface area contributed by atoms with E-state index in [2.05, 4.69) is 21.3 Å². The number of fused-ring (bicyclic) bond motifs is 1. The fourth-order valence-electron chi connectivity index (χ4n) is 4.94. The zero-order valence-corrected chi connectivity index (χ0v) is 27.3. The first-order chi connectivity index (χ1) is 20.1. The average Bonchev–Trinajstić information content (AvgIpc) is 2.92. The minimum absolute atomic E-state index is 0.0503. The fraction of sp³-hybridized carbons (Fsp3) is 0.500. The van der Waals surface area contributed by atoms with E-state index in [1.165, 1.54) is 0 Å². The number of nitrogens with one attached hydrogen (secondary N) is 2. The number of benzene rings is 2. The van der Waals surface area contributed by atoms with Crippen LogP contribution in [-0.4, -0.2) is 68.3 Å². The van der Waals surface area contributed by atoms with Crippen molar-refractivity contribution in [2.75, 3.05) is 25.2 Å². The first-order valence-electron chi connectivity index (χ1n) is 14.1. The Labute approximate surface area is 257 Å². The molecule has 0 aromatic heterocycles. The molecule has 0 aliphatic carbocycles. The highest BCUT2D eigenvalue weighted by Gasteiger charge is 2.33. The number of rotatable bonds is 12. The van der Waals surface area contributed by atoms with Crippen molar-refractivity contribution in [3.8, 4) is 5.75 Å². The number of carbonyl (C=O) groups excluding carboxylic acids is 1. The van der Waals surface area contributed by atoms with E-state index in [4.69, 9.17) is 15.2 Å². The highest BCUT2D eigenvalue weighted by molar-refractivity contribution is 7.96. The number of aliphatic imine (C=N–C) groups is 1. The first-order valence-corrected chi connectivity index (χ1v) is 17.4. The van der Waals surface area contributed by atoms with Crippen LogP contribution in [0.1, 0.15) is 55.4 Å². The van der Waals surface area contributed by atoms with Crippen LogP contribution in [-0.2, 0) is 36.9 Å². The van der Waals surface area contributed by atoms with Gasteiger partial charge in [-0.25, -0.2) is 22.7 Å². The maximum atomic E-state index is 13.4. The van der Waals surface area contributed by atoms with Crippen molar-refractivity contribution in [1.82, 2.24) is 10.0 Å². The van der Waals surface area contributed by atoms with Crippen LogP contribution in [0.5, 0.6) is 5.75 Å². The second-order valence-electron chi connectivity index (χ2n) is 11.2. The molecule has 1 aliphatic rings. The molecule has 5 N–H and O–H groups in total. The quantitative estimate of drug-likeness (QED) is 0.119. The highest BCUT2D eigenvalue weighted by Crippen LogP contribution is 2.42. The molecule has 1 aliphatic heterocycles. The lowest BCUT2D eigenvalue weighted by Gasteiger charge is -2.35. The van der Waals surface area contributed by atoms with Gasteiger partial charge >= 0.3 is 12.1 Å². The number of aliphatic carboxylic acids is 1. The standard InChI is InChI=1S/C30H42N4O7S2/c1-19-20(2)26(21(3)23-14-15-30(4,5)41-25(19)23)43(38,39)34-28(31)32-16-10-13-24(27(35)36)33-29(37)40-17-18-42(6)22-11-8-7-9-12-22/h7-9,11-12,24H,10,13-18H2,1-6H3,(H4-,31,32,33,34,35,36,37)/p+1/t24-,42?/m0/s1. The Morgan fingerprint density at radius 1 is 1.16 bits per heavy atom. The van der Waals surface area contributed by atoms with Crippen molar-refractivity contribution in [2.45, 2.75) is 81.7 Å². The summed E-state index contributed by atoms with van der Waals surface area (Å²) in [4.78, 5) is 29.2. The van der Waals surface area contributed by atoms with Crippen LogP contribution >= 0.6 is 0 Å². The topological polar surface area (TPSA) is 169 Å². The van der Waals surface area contributed by atoms with Crippen LogP contribution in [0.3, 0.4) is 0 Å². The van der Waals surface area contributed by atoms with E-state index in [1.807, 2.05) is 51.1 Å². The Balaban J connectivity index is 1.53. The molecule has 0 saturated carbocycles. The summed E-state index contributed by atoms with van der Waals surface area (Å²) in [5, 5.41) is 11.9. The third kappa shape index (κ3) is 9.02. The van der Waals surface area contributed by atoms with Crippen LogP contribution in [0.15, 0.2) is 45.1 Å². The number of hydrogen-bond donors (Lipinski definition) is 4. The summed E-state index contributed by atoms with van der Waals surface area (Å²) < 4.78 is 40.4. The van der Waals surface area contributed by atoms with Gasteiger partial charge in [0, 0.05) is 17.4 Å². The molecule has 0 fully saturated rings. The molecule has 2 atom stereocenters. The lowest BCUT2D eigenvalue weighted by molar-refractivity contribution is -0.139. The Morgan fingerprint density at radius 3 is 2.49 bits per heavy atom. The Morgan fingerprint density at radius 2 is 1.84 bits per heavy atom. The summed E-state index contributed by atoms with van der Waals surface area (Å²) in [6, 6.07) is 8.66. The molecule has 1 unspecified atom stereocenters. The number of carbonyl (C=O) groups is 2. The first kappa shape index (κ1) is 34.0. The summed E-state index contributed by atoms with van der Waals surface area (Å²) in [7, 11) is -4.16. The number of sulfonamides is 1. The van der Waals surface area contributed by atoms with E-state index in [1.54, 1.807) is 13.8 Å². The van der Waals surface area contributed by atoms with E-state index >= 15 is 0 Å². The maximum Gasteiger partial charge on any atom is 0.408 e. The lowest BCUT2D eigenvalue weighted by atomic mass is 9.88. The van der Waals surface area contributed by atoms with Gasteiger partial charge in [0.1, 0.15) is 36.0 Å². The normalized spacial score (nSPS) is 15.9. The van der Waals surface area contributed by atoms with E-state index in [-0.39, 0.29) is 53.3 Å². The third-order valence-corrected chi connectivity index (χ3v) is 10.9. The number of carboxylic acid groups (broad SMARTS) is 1. The van der Waals surface area contributed by atoms with Gasteiger partial charge in [-0.1, -0.05) is 18.2 Å². The van der Waals surface area contributed by atoms with Crippen LogP contribution in [0.2, 0.25) is 0 Å². The molecular weight excluding hydrogens is 592 g/mol. The fourth-order valence-corrected chi connectivity index (χ4v) is 7.65. The predicted molar refractivity (Wildman–Crippen MR) is 168 cm³/mol. The van der Waals surface area contributed by atoms with E-state index in [9.17, 15) is 23.1 Å². The molecule has 0 bridgehead atoms. The second kappa shape index (κ2) is 14.3. The van der Waals surface area contributed by atoms with Gasteiger partial charge in [0.15, 0.2) is 4.90 Å². The van der Waals surface area contributed by atoms with Crippen LogP contribution in [0, 0.1) is 20.8 Å². The van der Waals surface area contributed by atoms with Gasteiger partial charge in [0.25, 0.3) is 10.0 Å². The van der Waals surface area contributed by atoms with Gasteiger partial charge in [0.05, 0.1) is 4.90 Å². The minimum atomic E-state index is -4.05. The molecule has 0 radical (unpaired) electrons. The van der Waals surface area contributed by atoms with Gasteiger partial charge in [0.2, 0.25) is 5.96 Å². The number of amides is 1. The lowest BCUT2D eigenvalue weighted by Crippen LogP contribution is -2.41. The van der Waals surface area contributed by atoms with Crippen molar-refractivity contribution >= 4 is 38.9 Å². The molecule has 0 saturated heterocycles. The summed E-state index contributed by atoms with van der Waals surface area (Å²) in [5.41, 5.74) is 8.41. The Kier molecular flexibility index (Phi) is 11.4. The second-order valence-corrected chi connectivity index (χ2v) is 15.0. The summed E-state index contributed by atoms with van der Waals surface area (Å²) >= 11 is 0. The predicted octanol–water partition coefficient (Wildman–Crippen LogP) is 3.58. The Bertz CT molecular complexity index is 1460. The van der Waals surface area contributed by atoms with E-state index in [0.717, 1.165) is 28.2 Å². The van der Waals surface area contributed by atoms with Crippen LogP contribution in [0.4, 0.5) is 4.79 Å². The maximum absolute atomic E-state index is 13.4. The molecule has 2 aromatic rings. The minimum Gasteiger partial charge on any atom is -0.487 e.